The van der Waals surface area contributed by atoms with Gasteiger partial charge in [-0.15, -0.1) is 0 Å². The van der Waals surface area contributed by atoms with E-state index >= 15 is 0 Å². The number of carbonyl (C=O) groups is 1. The van der Waals surface area contributed by atoms with Gasteiger partial charge >= 0.3 is 0 Å². The Morgan fingerprint density at radius 2 is 1.86 bits per heavy atom. The van der Waals surface area contributed by atoms with E-state index in [1.807, 2.05) is 36.4 Å². The molecule has 2 rings (SSSR count). The van der Waals surface area contributed by atoms with Crippen LogP contribution in [0.5, 0.6) is 0 Å². The fourth-order valence-electron chi connectivity index (χ4n) is 2.16. The van der Waals surface area contributed by atoms with E-state index in [0.717, 1.165) is 10.0 Å². The highest BCUT2D eigenvalue weighted by Crippen LogP contribution is 2.30. The molecule has 1 aromatic carbocycles. The van der Waals surface area contributed by atoms with Crippen LogP contribution in [0, 0.1) is 28.6 Å². The summed E-state index contributed by atoms with van der Waals surface area (Å²) in [6.45, 7) is 0. The van der Waals surface area contributed by atoms with Crippen molar-refractivity contribution in [1.82, 2.24) is 4.98 Å². The van der Waals surface area contributed by atoms with Crippen molar-refractivity contribution in [3.05, 3.63) is 58.3 Å². The van der Waals surface area contributed by atoms with Crippen LogP contribution in [0.2, 0.25) is 0 Å². The van der Waals surface area contributed by atoms with E-state index in [1.54, 1.807) is 18.3 Å². The lowest BCUT2D eigenvalue weighted by Gasteiger charge is -2.17. The van der Waals surface area contributed by atoms with Gasteiger partial charge in [0.05, 0.1) is 17.8 Å². The van der Waals surface area contributed by atoms with Gasteiger partial charge in [0.1, 0.15) is 5.92 Å². The minimum Gasteiger partial charge on any atom is -0.359 e. The van der Waals surface area contributed by atoms with Crippen molar-refractivity contribution in [2.75, 3.05) is 0 Å². The molecule has 0 aliphatic rings. The van der Waals surface area contributed by atoms with Crippen molar-refractivity contribution in [3.63, 3.8) is 0 Å². The number of halogens is 1. The van der Waals surface area contributed by atoms with Gasteiger partial charge in [0.2, 0.25) is 0 Å². The van der Waals surface area contributed by atoms with Crippen LogP contribution >= 0.6 is 15.9 Å². The van der Waals surface area contributed by atoms with Gasteiger partial charge in [-0.3, -0.25) is 4.79 Å². The fraction of sp³-hybridized carbons (Fsp3) is 0.188. The Hall–Kier alpha value is -2.37. The van der Waals surface area contributed by atoms with E-state index in [4.69, 9.17) is 10.5 Å². The Bertz CT molecular complexity index is 679. The third-order valence-corrected chi connectivity index (χ3v) is 3.81. The van der Waals surface area contributed by atoms with Gasteiger partial charge in [-0.1, -0.05) is 28.1 Å². The number of carbonyl (C=O) groups excluding carboxylic acids is 1. The van der Waals surface area contributed by atoms with Crippen LogP contribution in [-0.2, 0) is 0 Å². The Balaban J connectivity index is 2.29. The monoisotopic (exact) mass is 341 g/mol. The number of hydrogen-bond acceptors (Lipinski definition) is 3. The van der Waals surface area contributed by atoms with Gasteiger partial charge in [0.25, 0.3) is 0 Å². The number of rotatable bonds is 5. The molecule has 0 spiro atoms. The highest BCUT2D eigenvalue weighted by Gasteiger charge is 2.26. The molecule has 0 saturated carbocycles. The Morgan fingerprint density at radius 1 is 1.19 bits per heavy atom. The van der Waals surface area contributed by atoms with E-state index < -0.39 is 11.8 Å². The normalized spacial score (nSPS) is 11.6. The van der Waals surface area contributed by atoms with Crippen molar-refractivity contribution >= 4 is 21.7 Å². The molecule has 2 aromatic rings. The molecule has 0 aliphatic heterocycles. The molecule has 1 heterocycles. The number of nitrogens with zero attached hydrogens (tertiary/aromatic N) is 2. The van der Waals surface area contributed by atoms with E-state index in [0.29, 0.717) is 5.69 Å². The number of hydrogen-bond donors (Lipinski definition) is 1. The second-order valence-electron chi connectivity index (χ2n) is 4.61. The zero-order valence-corrected chi connectivity index (χ0v) is 12.7. The van der Waals surface area contributed by atoms with E-state index in [1.165, 1.54) is 0 Å². The highest BCUT2D eigenvalue weighted by molar-refractivity contribution is 9.10. The molecule has 0 aliphatic carbocycles. The molecule has 0 radical (unpaired) electrons. The molecule has 5 heteroatoms. The number of Topliss-reactive ketones (excluding diaryl/α,β-unsaturated/α-hetero) is 1. The maximum atomic E-state index is 12.2. The molecule has 1 atom stereocenters. The molecule has 0 fully saturated rings. The van der Waals surface area contributed by atoms with E-state index in [2.05, 4.69) is 20.9 Å². The summed E-state index contributed by atoms with van der Waals surface area (Å²) in [5, 5.41) is 18.3. The molecule has 0 saturated heterocycles. The molecule has 1 N–H and O–H groups in total. The maximum absolute atomic E-state index is 12.2. The van der Waals surface area contributed by atoms with Crippen molar-refractivity contribution < 1.29 is 4.79 Å². The number of nitriles is 2. The van der Waals surface area contributed by atoms with Crippen LogP contribution in [0.3, 0.4) is 0 Å². The number of ketones is 1. The van der Waals surface area contributed by atoms with E-state index in [9.17, 15) is 4.79 Å². The Kier molecular flexibility index (Phi) is 4.92. The number of benzene rings is 1. The minimum atomic E-state index is -0.856. The van der Waals surface area contributed by atoms with Gasteiger partial charge in [0.15, 0.2) is 5.78 Å². The molecular weight excluding hydrogens is 330 g/mol. The Morgan fingerprint density at radius 3 is 2.38 bits per heavy atom. The summed E-state index contributed by atoms with van der Waals surface area (Å²) >= 11 is 3.35. The first kappa shape index (κ1) is 15.0. The van der Waals surface area contributed by atoms with Crippen LogP contribution in [0.1, 0.15) is 28.4 Å². The molecular formula is C16H12BrN3O. The average Bonchev–Trinajstić information content (AvgIpc) is 3.02. The van der Waals surface area contributed by atoms with E-state index in [-0.39, 0.29) is 12.2 Å². The summed E-state index contributed by atoms with van der Waals surface area (Å²) in [6, 6.07) is 14.7. The zero-order valence-electron chi connectivity index (χ0n) is 11.1. The van der Waals surface area contributed by atoms with Gasteiger partial charge < -0.3 is 4.98 Å². The van der Waals surface area contributed by atoms with Crippen molar-refractivity contribution in [3.8, 4) is 12.1 Å². The zero-order chi connectivity index (χ0) is 15.2. The van der Waals surface area contributed by atoms with Crippen LogP contribution in [0.25, 0.3) is 0 Å². The van der Waals surface area contributed by atoms with Crippen molar-refractivity contribution in [2.45, 2.75) is 12.3 Å². The molecule has 0 bridgehead atoms. The van der Waals surface area contributed by atoms with Gasteiger partial charge in [-0.2, -0.15) is 10.5 Å². The lowest BCUT2D eigenvalue weighted by Crippen LogP contribution is -2.15. The summed E-state index contributed by atoms with van der Waals surface area (Å²) < 4.78 is 0.908. The summed E-state index contributed by atoms with van der Waals surface area (Å²) in [4.78, 5) is 15.1. The second-order valence-corrected chi connectivity index (χ2v) is 5.52. The van der Waals surface area contributed by atoms with Crippen LogP contribution in [0.4, 0.5) is 0 Å². The predicted molar refractivity (Wildman–Crippen MR) is 81.3 cm³/mol. The molecule has 4 nitrogen and oxygen atoms in total. The summed E-state index contributed by atoms with van der Waals surface area (Å²) in [7, 11) is 0. The first-order valence-electron chi connectivity index (χ1n) is 6.37. The molecule has 21 heavy (non-hydrogen) atoms. The smallest absolute Gasteiger partial charge is 0.179 e. The van der Waals surface area contributed by atoms with Gasteiger partial charge in [-0.25, -0.2) is 0 Å². The standard InChI is InChI=1S/C16H12BrN3O/c17-13-5-3-11(4-6-13)14(12(9-18)10-19)8-16(21)15-2-1-7-20-15/h1-7,12,14,20H,8H2. The van der Waals surface area contributed by atoms with Crippen molar-refractivity contribution in [2.24, 2.45) is 5.92 Å². The Labute approximate surface area is 131 Å². The number of aromatic amines is 1. The first-order valence-corrected chi connectivity index (χ1v) is 7.16. The third-order valence-electron chi connectivity index (χ3n) is 3.28. The summed E-state index contributed by atoms with van der Waals surface area (Å²) in [5.41, 5.74) is 1.30. The van der Waals surface area contributed by atoms with Crippen LogP contribution in [0.15, 0.2) is 47.1 Å². The maximum Gasteiger partial charge on any atom is 0.179 e. The minimum absolute atomic E-state index is 0.108. The summed E-state index contributed by atoms with van der Waals surface area (Å²) in [6.07, 6.45) is 1.79. The lowest BCUT2D eigenvalue weighted by molar-refractivity contribution is 0.0966. The third kappa shape index (κ3) is 3.59. The van der Waals surface area contributed by atoms with Crippen molar-refractivity contribution in [1.29, 1.82) is 10.5 Å². The number of aromatic nitrogens is 1. The quantitative estimate of drug-likeness (QED) is 0.839. The lowest BCUT2D eigenvalue weighted by atomic mass is 9.83. The molecule has 0 amide bonds. The average molecular weight is 342 g/mol. The highest BCUT2D eigenvalue weighted by atomic mass is 79.9. The van der Waals surface area contributed by atoms with Crippen LogP contribution in [-0.4, -0.2) is 10.8 Å². The van der Waals surface area contributed by atoms with Gasteiger partial charge in [0, 0.05) is 23.0 Å². The number of nitrogens with one attached hydrogen (secondary N) is 1. The largest absolute Gasteiger partial charge is 0.359 e. The topological polar surface area (TPSA) is 80.4 Å². The number of H-pyrrole nitrogens is 1. The predicted octanol–water partition coefficient (Wildman–Crippen LogP) is 3.80. The first-order chi connectivity index (χ1) is 10.2. The molecule has 104 valence electrons. The second kappa shape index (κ2) is 6.88. The molecule has 1 unspecified atom stereocenters. The van der Waals surface area contributed by atoms with Gasteiger partial charge in [-0.05, 0) is 29.8 Å². The van der Waals surface area contributed by atoms with Crippen LogP contribution < -0.4 is 0 Å². The summed E-state index contributed by atoms with van der Waals surface area (Å²) in [5.74, 6) is -1.41. The molecule has 1 aromatic heterocycles. The fourth-order valence-corrected chi connectivity index (χ4v) is 2.42. The SMILES string of the molecule is N#CC(C#N)C(CC(=O)c1ccc[nH]1)c1ccc(Br)cc1.